The average Bonchev–Trinajstić information content (AvgIpc) is 3.38. The van der Waals surface area contributed by atoms with Crippen LogP contribution < -0.4 is 5.32 Å². The predicted octanol–water partition coefficient (Wildman–Crippen LogP) is 4.67. The van der Waals surface area contributed by atoms with Crippen LogP contribution in [0.4, 0.5) is 0 Å². The Hall–Kier alpha value is -1.60. The summed E-state index contributed by atoms with van der Waals surface area (Å²) >= 11 is 0. The summed E-state index contributed by atoms with van der Waals surface area (Å²) in [5.74, 6) is 0.938. The molecule has 0 aliphatic heterocycles. The lowest BCUT2D eigenvalue weighted by molar-refractivity contribution is 0.446. The molecule has 0 bridgehead atoms. The Morgan fingerprint density at radius 2 is 1.62 bits per heavy atom. The molecular formula is C20H25N. The molecule has 1 heteroatoms. The zero-order chi connectivity index (χ0) is 14.5. The Labute approximate surface area is 128 Å². The number of rotatable bonds is 7. The minimum atomic E-state index is 0.726. The van der Waals surface area contributed by atoms with Crippen LogP contribution in [0.1, 0.15) is 31.7 Å². The largest absolute Gasteiger partial charge is 0.314 e. The van der Waals surface area contributed by atoms with Crippen LogP contribution in [0.25, 0.3) is 11.1 Å². The molecule has 1 N–H and O–H groups in total. The first kappa shape index (κ1) is 14.3. The van der Waals surface area contributed by atoms with Gasteiger partial charge in [-0.1, -0.05) is 61.5 Å². The van der Waals surface area contributed by atoms with Crippen LogP contribution in [0.5, 0.6) is 0 Å². The van der Waals surface area contributed by atoms with Crippen molar-refractivity contribution in [2.24, 2.45) is 5.92 Å². The number of aryl methyl sites for hydroxylation is 1. The number of nitrogens with one attached hydrogen (secondary N) is 1. The summed E-state index contributed by atoms with van der Waals surface area (Å²) in [6.07, 6.45) is 5.29. The lowest BCUT2D eigenvalue weighted by Crippen LogP contribution is -2.31. The second-order valence-electron chi connectivity index (χ2n) is 6.10. The van der Waals surface area contributed by atoms with E-state index < -0.39 is 0 Å². The number of hydrogen-bond acceptors (Lipinski definition) is 1. The van der Waals surface area contributed by atoms with E-state index in [2.05, 4.69) is 66.8 Å². The third kappa shape index (κ3) is 3.95. The zero-order valence-corrected chi connectivity index (χ0v) is 12.9. The van der Waals surface area contributed by atoms with Crippen LogP contribution in [0, 0.1) is 5.92 Å². The van der Waals surface area contributed by atoms with Crippen LogP contribution in [-0.2, 0) is 6.42 Å². The van der Waals surface area contributed by atoms with Crippen LogP contribution in [0.2, 0.25) is 0 Å². The molecule has 0 amide bonds. The molecule has 1 fully saturated rings. The van der Waals surface area contributed by atoms with Gasteiger partial charge in [0.1, 0.15) is 0 Å². The minimum absolute atomic E-state index is 0.726. The van der Waals surface area contributed by atoms with Crippen molar-refractivity contribution in [1.82, 2.24) is 5.32 Å². The van der Waals surface area contributed by atoms with Gasteiger partial charge in [-0.2, -0.15) is 0 Å². The molecule has 0 radical (unpaired) electrons. The van der Waals surface area contributed by atoms with E-state index >= 15 is 0 Å². The lowest BCUT2D eigenvalue weighted by atomic mass is 9.99. The van der Waals surface area contributed by atoms with Crippen molar-refractivity contribution in [2.45, 2.75) is 38.6 Å². The second-order valence-corrected chi connectivity index (χ2v) is 6.10. The van der Waals surface area contributed by atoms with E-state index in [1.165, 1.54) is 42.4 Å². The van der Waals surface area contributed by atoms with Gasteiger partial charge in [-0.05, 0) is 54.8 Å². The highest BCUT2D eigenvalue weighted by Gasteiger charge is 2.29. The van der Waals surface area contributed by atoms with E-state index in [9.17, 15) is 0 Å². The first-order valence-corrected chi connectivity index (χ1v) is 8.24. The molecule has 2 aromatic rings. The number of hydrogen-bond donors (Lipinski definition) is 1. The van der Waals surface area contributed by atoms with Gasteiger partial charge in [0, 0.05) is 6.04 Å². The Morgan fingerprint density at radius 3 is 2.24 bits per heavy atom. The summed E-state index contributed by atoms with van der Waals surface area (Å²) in [5.41, 5.74) is 4.07. The molecule has 0 spiro atoms. The highest BCUT2D eigenvalue weighted by atomic mass is 14.9. The first-order valence-electron chi connectivity index (χ1n) is 8.24. The Morgan fingerprint density at radius 1 is 0.952 bits per heavy atom. The van der Waals surface area contributed by atoms with Crippen LogP contribution in [-0.4, -0.2) is 12.6 Å². The van der Waals surface area contributed by atoms with Crippen molar-refractivity contribution in [2.75, 3.05) is 6.54 Å². The molecule has 1 saturated carbocycles. The maximum Gasteiger partial charge on any atom is 0.00983 e. The van der Waals surface area contributed by atoms with E-state index in [0.717, 1.165) is 18.5 Å². The molecule has 0 saturated heterocycles. The van der Waals surface area contributed by atoms with Gasteiger partial charge in [-0.25, -0.2) is 0 Å². The molecular weight excluding hydrogens is 254 g/mol. The van der Waals surface area contributed by atoms with Crippen molar-refractivity contribution >= 4 is 0 Å². The molecule has 2 aromatic carbocycles. The van der Waals surface area contributed by atoms with Crippen molar-refractivity contribution in [3.63, 3.8) is 0 Å². The summed E-state index contributed by atoms with van der Waals surface area (Å²) in [4.78, 5) is 0. The van der Waals surface area contributed by atoms with Crippen LogP contribution in [0.3, 0.4) is 0 Å². The quantitative estimate of drug-likeness (QED) is 0.776. The predicted molar refractivity (Wildman–Crippen MR) is 90.4 cm³/mol. The lowest BCUT2D eigenvalue weighted by Gasteiger charge is -2.17. The molecule has 0 heterocycles. The summed E-state index contributed by atoms with van der Waals surface area (Å²) in [6.45, 7) is 3.30. The molecule has 21 heavy (non-hydrogen) atoms. The highest BCUT2D eigenvalue weighted by molar-refractivity contribution is 5.63. The standard InChI is InChI=1S/C20H25N/c1-2-21-20(19-13-14-19)15-10-16-8-11-18(12-9-16)17-6-4-3-5-7-17/h3-9,11-12,19-21H,2,10,13-15H2,1H3. The van der Waals surface area contributed by atoms with Crippen molar-refractivity contribution < 1.29 is 0 Å². The number of benzene rings is 2. The van der Waals surface area contributed by atoms with Crippen LogP contribution in [0.15, 0.2) is 54.6 Å². The normalized spacial score (nSPS) is 15.9. The third-order valence-corrected chi connectivity index (χ3v) is 4.46. The van der Waals surface area contributed by atoms with Gasteiger partial charge in [0.05, 0.1) is 0 Å². The van der Waals surface area contributed by atoms with Crippen molar-refractivity contribution in [1.29, 1.82) is 0 Å². The molecule has 1 atom stereocenters. The Kier molecular flexibility index (Phi) is 4.72. The monoisotopic (exact) mass is 279 g/mol. The summed E-state index contributed by atoms with van der Waals surface area (Å²) in [7, 11) is 0. The van der Waals surface area contributed by atoms with Gasteiger partial charge >= 0.3 is 0 Å². The van der Waals surface area contributed by atoms with E-state index in [1.807, 2.05) is 0 Å². The Balaban J connectivity index is 1.59. The van der Waals surface area contributed by atoms with Gasteiger partial charge in [-0.15, -0.1) is 0 Å². The SMILES string of the molecule is CCNC(CCc1ccc(-c2ccccc2)cc1)C1CC1. The van der Waals surface area contributed by atoms with Gasteiger partial charge < -0.3 is 5.32 Å². The Bertz CT molecular complexity index is 540. The molecule has 1 aliphatic rings. The van der Waals surface area contributed by atoms with Gasteiger partial charge in [0.15, 0.2) is 0 Å². The second kappa shape index (κ2) is 6.91. The topological polar surface area (TPSA) is 12.0 Å². The summed E-state index contributed by atoms with van der Waals surface area (Å²) < 4.78 is 0. The average molecular weight is 279 g/mol. The molecule has 1 nitrogen and oxygen atoms in total. The summed E-state index contributed by atoms with van der Waals surface area (Å²) in [6, 6.07) is 20.4. The van der Waals surface area contributed by atoms with E-state index in [4.69, 9.17) is 0 Å². The fraction of sp³-hybridized carbons (Fsp3) is 0.400. The first-order chi connectivity index (χ1) is 10.4. The van der Waals surface area contributed by atoms with E-state index in [-0.39, 0.29) is 0 Å². The third-order valence-electron chi connectivity index (χ3n) is 4.46. The van der Waals surface area contributed by atoms with Gasteiger partial charge in [0.25, 0.3) is 0 Å². The fourth-order valence-electron chi connectivity index (χ4n) is 3.08. The maximum absolute atomic E-state index is 3.65. The van der Waals surface area contributed by atoms with Gasteiger partial charge in [-0.3, -0.25) is 0 Å². The maximum atomic E-state index is 3.65. The summed E-state index contributed by atoms with van der Waals surface area (Å²) in [5, 5.41) is 3.65. The molecule has 0 aromatic heterocycles. The van der Waals surface area contributed by atoms with Gasteiger partial charge in [0.2, 0.25) is 0 Å². The zero-order valence-electron chi connectivity index (χ0n) is 12.9. The minimum Gasteiger partial charge on any atom is -0.314 e. The molecule has 110 valence electrons. The van der Waals surface area contributed by atoms with Crippen molar-refractivity contribution in [3.8, 4) is 11.1 Å². The molecule has 1 aliphatic carbocycles. The molecule has 1 unspecified atom stereocenters. The van der Waals surface area contributed by atoms with Crippen LogP contribution >= 0.6 is 0 Å². The smallest absolute Gasteiger partial charge is 0.00983 e. The molecule has 3 rings (SSSR count). The fourth-order valence-corrected chi connectivity index (χ4v) is 3.08. The highest BCUT2D eigenvalue weighted by Crippen LogP contribution is 2.34. The van der Waals surface area contributed by atoms with E-state index in [0.29, 0.717) is 0 Å². The van der Waals surface area contributed by atoms with Crippen molar-refractivity contribution in [3.05, 3.63) is 60.2 Å². The van der Waals surface area contributed by atoms with E-state index in [1.54, 1.807) is 0 Å².